The maximum Gasteiger partial charge on any atom is 0.345 e. The van der Waals surface area contributed by atoms with Crippen molar-refractivity contribution in [3.63, 3.8) is 0 Å². The van der Waals surface area contributed by atoms with E-state index in [4.69, 9.17) is 9.15 Å². The molecule has 0 saturated carbocycles. The van der Waals surface area contributed by atoms with Gasteiger partial charge in [0, 0.05) is 6.07 Å². The van der Waals surface area contributed by atoms with E-state index in [1.54, 1.807) is 6.92 Å². The number of hydrogen-bond donors (Lipinski definition) is 1. The van der Waals surface area contributed by atoms with Crippen molar-refractivity contribution in [3.8, 4) is 5.75 Å². The van der Waals surface area contributed by atoms with Crippen molar-refractivity contribution < 1.29 is 14.3 Å². The fraction of sp³-hybridized carbons (Fsp3) is 0.615. The van der Waals surface area contributed by atoms with Crippen LogP contribution in [-0.2, 0) is 4.74 Å². The summed E-state index contributed by atoms with van der Waals surface area (Å²) in [5.41, 5.74) is -0.219. The molecule has 0 spiro atoms. The Hall–Kier alpha value is -1.29. The molecule has 0 amide bonds. The van der Waals surface area contributed by atoms with Gasteiger partial charge in [-0.15, -0.1) is 0 Å². The van der Waals surface area contributed by atoms with Gasteiger partial charge >= 0.3 is 5.63 Å². The summed E-state index contributed by atoms with van der Waals surface area (Å²) in [4.78, 5) is 11.6. The van der Waals surface area contributed by atoms with Crippen LogP contribution in [0.25, 0.3) is 0 Å². The highest BCUT2D eigenvalue weighted by Crippen LogP contribution is 2.43. The molecule has 0 radical (unpaired) electrons. The van der Waals surface area contributed by atoms with E-state index in [-0.39, 0.29) is 23.5 Å². The second kappa shape index (κ2) is 4.53. The van der Waals surface area contributed by atoms with Gasteiger partial charge < -0.3 is 14.3 Å². The van der Waals surface area contributed by atoms with Gasteiger partial charge in [0.25, 0.3) is 0 Å². The predicted molar refractivity (Wildman–Crippen MR) is 63.1 cm³/mol. The lowest BCUT2D eigenvalue weighted by molar-refractivity contribution is 0.343. The Morgan fingerprint density at radius 3 is 2.76 bits per heavy atom. The Labute approximate surface area is 100 Å². The summed E-state index contributed by atoms with van der Waals surface area (Å²) in [6.45, 7) is 5.93. The number of epoxide rings is 1. The highest BCUT2D eigenvalue weighted by molar-refractivity contribution is 5.34. The fourth-order valence-electron chi connectivity index (χ4n) is 1.98. The molecule has 1 aromatic rings. The quantitative estimate of drug-likeness (QED) is 0.819. The number of rotatable bonds is 4. The lowest BCUT2D eigenvalue weighted by Gasteiger charge is -2.02. The van der Waals surface area contributed by atoms with E-state index in [9.17, 15) is 9.90 Å². The number of aryl methyl sites for hydroxylation is 1. The normalized spacial score (nSPS) is 23.1. The minimum atomic E-state index is -0.487. The molecule has 0 aliphatic carbocycles. The van der Waals surface area contributed by atoms with Gasteiger partial charge in [0.15, 0.2) is 0 Å². The van der Waals surface area contributed by atoms with E-state index in [0.717, 1.165) is 12.8 Å². The Kier molecular flexibility index (Phi) is 3.24. The van der Waals surface area contributed by atoms with Crippen LogP contribution in [0.5, 0.6) is 5.75 Å². The first-order valence-electron chi connectivity index (χ1n) is 5.98. The van der Waals surface area contributed by atoms with E-state index in [0.29, 0.717) is 11.7 Å². The Morgan fingerprint density at radius 2 is 2.18 bits per heavy atom. The van der Waals surface area contributed by atoms with Gasteiger partial charge in [0.2, 0.25) is 0 Å². The third kappa shape index (κ3) is 2.69. The zero-order valence-corrected chi connectivity index (χ0v) is 10.4. The first-order valence-corrected chi connectivity index (χ1v) is 5.98. The molecule has 2 atom stereocenters. The van der Waals surface area contributed by atoms with Crippen LogP contribution >= 0.6 is 0 Å². The first-order chi connectivity index (χ1) is 7.99. The zero-order chi connectivity index (χ0) is 12.6. The summed E-state index contributed by atoms with van der Waals surface area (Å²) < 4.78 is 10.4. The molecule has 17 heavy (non-hydrogen) atoms. The van der Waals surface area contributed by atoms with Crippen molar-refractivity contribution in [1.82, 2.24) is 0 Å². The summed E-state index contributed by atoms with van der Waals surface area (Å²) in [6.07, 6.45) is 1.73. The van der Waals surface area contributed by atoms with Gasteiger partial charge in [0.05, 0.1) is 6.10 Å². The van der Waals surface area contributed by atoms with Gasteiger partial charge in [-0.1, -0.05) is 13.8 Å². The van der Waals surface area contributed by atoms with Gasteiger partial charge in [-0.05, 0) is 25.7 Å². The van der Waals surface area contributed by atoms with E-state index >= 15 is 0 Å². The Bertz CT molecular complexity index is 461. The van der Waals surface area contributed by atoms with Crippen LogP contribution in [0.3, 0.4) is 0 Å². The lowest BCUT2D eigenvalue weighted by atomic mass is 10.0. The monoisotopic (exact) mass is 238 g/mol. The molecular formula is C13H18O4. The highest BCUT2D eigenvalue weighted by atomic mass is 16.6. The summed E-state index contributed by atoms with van der Waals surface area (Å²) in [6, 6.07) is 1.46. The van der Waals surface area contributed by atoms with Crippen molar-refractivity contribution in [2.24, 2.45) is 5.92 Å². The molecule has 0 aromatic carbocycles. The standard InChI is InChI=1S/C13H18O4/c1-7(2)4-5-10-12(17-10)11-9(14)6-8(3)16-13(11)15/h6-7,10,12,14H,4-5H2,1-3H3. The molecular weight excluding hydrogens is 220 g/mol. The average molecular weight is 238 g/mol. The fourth-order valence-corrected chi connectivity index (χ4v) is 1.98. The molecule has 1 aromatic heterocycles. The second-order valence-electron chi connectivity index (χ2n) is 5.01. The Balaban J connectivity index is 2.08. The van der Waals surface area contributed by atoms with Crippen LogP contribution in [0.4, 0.5) is 0 Å². The lowest BCUT2D eigenvalue weighted by Crippen LogP contribution is -2.08. The molecule has 1 aliphatic heterocycles. The molecule has 1 fully saturated rings. The molecule has 1 N–H and O–H groups in total. The number of aromatic hydroxyl groups is 1. The summed E-state index contributed by atoms with van der Waals surface area (Å²) in [5, 5.41) is 9.74. The number of ether oxygens (including phenoxy) is 1. The van der Waals surface area contributed by atoms with Gasteiger partial charge in [0.1, 0.15) is 23.2 Å². The maximum absolute atomic E-state index is 11.6. The van der Waals surface area contributed by atoms with Gasteiger partial charge in [-0.25, -0.2) is 4.79 Å². The SMILES string of the molecule is Cc1cc(O)c(C2OC2CCC(C)C)c(=O)o1. The molecule has 4 nitrogen and oxygen atoms in total. The largest absolute Gasteiger partial charge is 0.507 e. The summed E-state index contributed by atoms with van der Waals surface area (Å²) in [7, 11) is 0. The molecule has 94 valence electrons. The molecule has 2 rings (SSSR count). The average Bonchev–Trinajstić information content (AvgIpc) is 2.92. The molecule has 2 unspecified atom stereocenters. The molecule has 1 saturated heterocycles. The third-order valence-corrected chi connectivity index (χ3v) is 2.99. The van der Waals surface area contributed by atoms with Gasteiger partial charge in [-0.3, -0.25) is 0 Å². The topological polar surface area (TPSA) is 63.0 Å². The van der Waals surface area contributed by atoms with Crippen LogP contribution in [0, 0.1) is 12.8 Å². The maximum atomic E-state index is 11.6. The predicted octanol–water partition coefficient (Wildman–Crippen LogP) is 2.53. The smallest absolute Gasteiger partial charge is 0.345 e. The van der Waals surface area contributed by atoms with Crippen LogP contribution in [0.1, 0.15) is 44.1 Å². The van der Waals surface area contributed by atoms with Gasteiger partial charge in [-0.2, -0.15) is 0 Å². The van der Waals surface area contributed by atoms with Crippen molar-refractivity contribution in [2.75, 3.05) is 0 Å². The van der Waals surface area contributed by atoms with Crippen molar-refractivity contribution in [2.45, 2.75) is 45.8 Å². The van der Waals surface area contributed by atoms with E-state index in [1.807, 2.05) is 0 Å². The third-order valence-electron chi connectivity index (χ3n) is 2.99. The summed E-state index contributed by atoms with van der Waals surface area (Å²) >= 11 is 0. The molecule has 1 aliphatic rings. The number of hydrogen-bond acceptors (Lipinski definition) is 4. The minimum absolute atomic E-state index is 0.0178. The van der Waals surface area contributed by atoms with Crippen molar-refractivity contribution in [1.29, 1.82) is 0 Å². The van der Waals surface area contributed by atoms with E-state index in [1.165, 1.54) is 6.07 Å². The van der Waals surface area contributed by atoms with Crippen molar-refractivity contribution >= 4 is 0 Å². The van der Waals surface area contributed by atoms with Crippen LogP contribution < -0.4 is 5.63 Å². The summed E-state index contributed by atoms with van der Waals surface area (Å²) in [5.74, 6) is 1.01. The van der Waals surface area contributed by atoms with Crippen LogP contribution in [-0.4, -0.2) is 11.2 Å². The van der Waals surface area contributed by atoms with E-state index in [2.05, 4.69) is 13.8 Å². The Morgan fingerprint density at radius 1 is 1.47 bits per heavy atom. The zero-order valence-electron chi connectivity index (χ0n) is 10.4. The highest BCUT2D eigenvalue weighted by Gasteiger charge is 2.43. The second-order valence-corrected chi connectivity index (χ2v) is 5.01. The van der Waals surface area contributed by atoms with Crippen LogP contribution in [0.2, 0.25) is 0 Å². The molecule has 4 heteroatoms. The molecule has 0 bridgehead atoms. The van der Waals surface area contributed by atoms with E-state index < -0.39 is 5.63 Å². The van der Waals surface area contributed by atoms with Crippen LogP contribution in [0.15, 0.2) is 15.3 Å². The minimum Gasteiger partial charge on any atom is -0.507 e. The molecule has 2 heterocycles. The first kappa shape index (κ1) is 12.2. The van der Waals surface area contributed by atoms with Crippen molar-refractivity contribution in [3.05, 3.63) is 27.8 Å².